The molecule has 2 aliphatic heterocycles. The maximum absolute atomic E-state index is 12.3. The van der Waals surface area contributed by atoms with Gasteiger partial charge in [0.2, 0.25) is 0 Å². The van der Waals surface area contributed by atoms with E-state index in [1.165, 1.54) is 25.4 Å². The maximum atomic E-state index is 12.3. The summed E-state index contributed by atoms with van der Waals surface area (Å²) in [5, 5.41) is 13.8. The number of piperidine rings is 2. The Morgan fingerprint density at radius 2 is 2.00 bits per heavy atom. The summed E-state index contributed by atoms with van der Waals surface area (Å²) in [4.78, 5) is 16.5. The standard InChI is InChI=1S/C19H31N3O3/c1-15-2-7-21(8-3-15)13-18(23)12-20-17-4-9-22(10-5-17)19(24)16-6-11-25-14-16/h6,11,14-15,17-18,20,23H,2-5,7-10,12-13H2,1H3. The third-order valence-electron chi connectivity index (χ3n) is 5.54. The van der Waals surface area contributed by atoms with Gasteiger partial charge < -0.3 is 24.6 Å². The zero-order chi connectivity index (χ0) is 17.6. The van der Waals surface area contributed by atoms with Crippen LogP contribution in [-0.2, 0) is 0 Å². The first-order valence-corrected chi connectivity index (χ1v) is 9.57. The van der Waals surface area contributed by atoms with Gasteiger partial charge in [0, 0.05) is 32.2 Å². The Kier molecular flexibility index (Phi) is 6.51. The summed E-state index contributed by atoms with van der Waals surface area (Å²) in [5.74, 6) is 0.869. The zero-order valence-corrected chi connectivity index (χ0v) is 15.2. The third-order valence-corrected chi connectivity index (χ3v) is 5.54. The summed E-state index contributed by atoms with van der Waals surface area (Å²) in [7, 11) is 0. The molecule has 1 aromatic rings. The van der Waals surface area contributed by atoms with Gasteiger partial charge in [-0.05, 0) is 50.8 Å². The SMILES string of the molecule is CC1CCN(CC(O)CNC2CCN(C(=O)c3ccoc3)CC2)CC1. The molecule has 0 spiro atoms. The molecule has 3 heterocycles. The van der Waals surface area contributed by atoms with Gasteiger partial charge in [0.15, 0.2) is 0 Å². The Morgan fingerprint density at radius 3 is 2.64 bits per heavy atom. The first kappa shape index (κ1) is 18.4. The highest BCUT2D eigenvalue weighted by Crippen LogP contribution is 2.17. The van der Waals surface area contributed by atoms with E-state index < -0.39 is 0 Å². The lowest BCUT2D eigenvalue weighted by atomic mass is 9.99. The number of rotatable bonds is 6. The number of furan rings is 1. The molecule has 140 valence electrons. The van der Waals surface area contributed by atoms with Crippen molar-refractivity contribution in [2.75, 3.05) is 39.3 Å². The minimum atomic E-state index is -0.320. The summed E-state index contributed by atoms with van der Waals surface area (Å²) < 4.78 is 4.99. The predicted molar refractivity (Wildman–Crippen MR) is 96.5 cm³/mol. The lowest BCUT2D eigenvalue weighted by Crippen LogP contribution is -2.48. The highest BCUT2D eigenvalue weighted by atomic mass is 16.3. The van der Waals surface area contributed by atoms with Crippen LogP contribution in [0.1, 0.15) is 43.0 Å². The topological polar surface area (TPSA) is 69.0 Å². The van der Waals surface area contributed by atoms with E-state index in [1.807, 2.05) is 4.90 Å². The number of carbonyl (C=O) groups excluding carboxylic acids is 1. The first-order chi connectivity index (χ1) is 12.1. The molecule has 1 unspecified atom stereocenters. The minimum absolute atomic E-state index is 0.0477. The van der Waals surface area contributed by atoms with Gasteiger partial charge in [-0.2, -0.15) is 0 Å². The number of hydrogen-bond donors (Lipinski definition) is 2. The average molecular weight is 349 g/mol. The van der Waals surface area contributed by atoms with Crippen LogP contribution in [-0.4, -0.2) is 72.2 Å². The number of β-amino-alcohol motifs (C(OH)–C–C–N with tert-alkyl or cyclic N) is 1. The van der Waals surface area contributed by atoms with E-state index in [9.17, 15) is 9.90 Å². The molecule has 0 aliphatic carbocycles. The van der Waals surface area contributed by atoms with Gasteiger partial charge in [-0.1, -0.05) is 6.92 Å². The van der Waals surface area contributed by atoms with E-state index in [1.54, 1.807) is 6.07 Å². The number of nitrogens with one attached hydrogen (secondary N) is 1. The third kappa shape index (κ3) is 5.30. The van der Waals surface area contributed by atoms with Crippen LogP contribution in [0.25, 0.3) is 0 Å². The molecule has 0 radical (unpaired) electrons. The number of hydrogen-bond acceptors (Lipinski definition) is 5. The number of amides is 1. The van der Waals surface area contributed by atoms with Crippen molar-refractivity contribution in [3.8, 4) is 0 Å². The van der Waals surface area contributed by atoms with Gasteiger partial charge in [-0.15, -0.1) is 0 Å². The highest BCUT2D eigenvalue weighted by molar-refractivity contribution is 5.93. The molecule has 0 bridgehead atoms. The number of aliphatic hydroxyl groups excluding tert-OH is 1. The fourth-order valence-electron chi connectivity index (χ4n) is 3.77. The maximum Gasteiger partial charge on any atom is 0.257 e. The van der Waals surface area contributed by atoms with E-state index >= 15 is 0 Å². The molecular weight excluding hydrogens is 318 g/mol. The van der Waals surface area contributed by atoms with Crippen LogP contribution in [0, 0.1) is 5.92 Å². The Balaban J connectivity index is 1.33. The molecule has 1 amide bonds. The molecule has 2 fully saturated rings. The van der Waals surface area contributed by atoms with Gasteiger partial charge >= 0.3 is 0 Å². The van der Waals surface area contributed by atoms with Crippen molar-refractivity contribution in [1.29, 1.82) is 0 Å². The second-order valence-electron chi connectivity index (χ2n) is 7.62. The molecule has 0 saturated carbocycles. The van der Waals surface area contributed by atoms with Gasteiger partial charge in [0.05, 0.1) is 17.9 Å². The number of likely N-dealkylation sites (tertiary alicyclic amines) is 2. The van der Waals surface area contributed by atoms with Gasteiger partial charge in [0.1, 0.15) is 6.26 Å². The van der Waals surface area contributed by atoms with Gasteiger partial charge in [-0.25, -0.2) is 0 Å². The number of carbonyl (C=O) groups is 1. The van der Waals surface area contributed by atoms with Crippen molar-refractivity contribution < 1.29 is 14.3 Å². The lowest BCUT2D eigenvalue weighted by molar-refractivity contribution is 0.0678. The normalized spacial score (nSPS) is 22.2. The second-order valence-corrected chi connectivity index (χ2v) is 7.62. The molecule has 25 heavy (non-hydrogen) atoms. The van der Waals surface area contributed by atoms with Crippen molar-refractivity contribution >= 4 is 5.91 Å². The number of aliphatic hydroxyl groups is 1. The zero-order valence-electron chi connectivity index (χ0n) is 15.2. The molecule has 3 rings (SSSR count). The van der Waals surface area contributed by atoms with Gasteiger partial charge in [0.25, 0.3) is 5.91 Å². The highest BCUT2D eigenvalue weighted by Gasteiger charge is 2.25. The molecule has 1 aromatic heterocycles. The Hall–Kier alpha value is -1.37. The van der Waals surface area contributed by atoms with E-state index in [-0.39, 0.29) is 12.0 Å². The molecule has 2 N–H and O–H groups in total. The fraction of sp³-hybridized carbons (Fsp3) is 0.737. The Labute approximate surface area is 150 Å². The molecule has 0 aromatic carbocycles. The molecule has 2 saturated heterocycles. The van der Waals surface area contributed by atoms with Crippen LogP contribution < -0.4 is 5.32 Å². The smallest absolute Gasteiger partial charge is 0.257 e. The van der Waals surface area contributed by atoms with Crippen LogP contribution in [0.4, 0.5) is 0 Å². The first-order valence-electron chi connectivity index (χ1n) is 9.57. The Bertz CT molecular complexity index is 518. The molecule has 6 nitrogen and oxygen atoms in total. The van der Waals surface area contributed by atoms with Crippen LogP contribution in [0.3, 0.4) is 0 Å². The fourth-order valence-corrected chi connectivity index (χ4v) is 3.77. The van der Waals surface area contributed by atoms with Crippen LogP contribution in [0.5, 0.6) is 0 Å². The summed E-state index contributed by atoms with van der Waals surface area (Å²) in [6, 6.07) is 2.09. The van der Waals surface area contributed by atoms with Crippen LogP contribution in [0.2, 0.25) is 0 Å². The van der Waals surface area contributed by atoms with Crippen molar-refractivity contribution in [1.82, 2.24) is 15.1 Å². The number of nitrogens with zero attached hydrogens (tertiary/aromatic N) is 2. The van der Waals surface area contributed by atoms with Crippen molar-refractivity contribution in [3.05, 3.63) is 24.2 Å². The summed E-state index contributed by atoms with van der Waals surface area (Å²) >= 11 is 0. The lowest BCUT2D eigenvalue weighted by Gasteiger charge is -2.34. The quantitative estimate of drug-likeness (QED) is 0.816. The largest absolute Gasteiger partial charge is 0.472 e. The molecule has 1 atom stereocenters. The summed E-state index contributed by atoms with van der Waals surface area (Å²) in [5.41, 5.74) is 0.623. The van der Waals surface area contributed by atoms with Crippen molar-refractivity contribution in [2.45, 2.75) is 44.8 Å². The van der Waals surface area contributed by atoms with Crippen molar-refractivity contribution in [3.63, 3.8) is 0 Å². The molecular formula is C19H31N3O3. The average Bonchev–Trinajstić information content (AvgIpc) is 3.16. The monoisotopic (exact) mass is 349 g/mol. The minimum Gasteiger partial charge on any atom is -0.472 e. The van der Waals surface area contributed by atoms with Crippen LogP contribution in [0.15, 0.2) is 23.0 Å². The van der Waals surface area contributed by atoms with Crippen LogP contribution >= 0.6 is 0 Å². The second kappa shape index (κ2) is 8.83. The predicted octanol–water partition coefficient (Wildman–Crippen LogP) is 1.57. The van der Waals surface area contributed by atoms with E-state index in [0.717, 1.165) is 51.5 Å². The molecule has 2 aliphatic rings. The van der Waals surface area contributed by atoms with Gasteiger partial charge in [-0.3, -0.25) is 4.79 Å². The van der Waals surface area contributed by atoms with E-state index in [4.69, 9.17) is 4.42 Å². The molecule has 6 heteroatoms. The summed E-state index contributed by atoms with van der Waals surface area (Å²) in [6.45, 7) is 7.41. The van der Waals surface area contributed by atoms with Crippen molar-refractivity contribution in [2.24, 2.45) is 5.92 Å². The van der Waals surface area contributed by atoms with E-state index in [0.29, 0.717) is 18.2 Å². The van der Waals surface area contributed by atoms with E-state index in [2.05, 4.69) is 17.1 Å². The Morgan fingerprint density at radius 1 is 1.28 bits per heavy atom. The summed E-state index contributed by atoms with van der Waals surface area (Å²) in [6.07, 6.45) is 7.05.